The van der Waals surface area contributed by atoms with Crippen molar-refractivity contribution in [2.24, 2.45) is 0 Å². The van der Waals surface area contributed by atoms with Gasteiger partial charge in [-0.2, -0.15) is 0 Å². The maximum absolute atomic E-state index is 2.38. The molecular formula is C19H12S2. The first-order valence-corrected chi connectivity index (χ1v) is 8.67. The topological polar surface area (TPSA) is 0 Å². The molecule has 0 saturated heterocycles. The van der Waals surface area contributed by atoms with Gasteiger partial charge in [-0.25, -0.2) is 0 Å². The van der Waals surface area contributed by atoms with Gasteiger partial charge >= 0.3 is 0 Å². The number of hydrogen-bond donors (Lipinski definition) is 0. The molecule has 0 fully saturated rings. The SMILES string of the molecule is Cc1ccc2sc3cc4c(cc3c2c1)sc1ccccc14. The number of fused-ring (bicyclic) bond motifs is 6. The van der Waals surface area contributed by atoms with Gasteiger partial charge in [-0.3, -0.25) is 0 Å². The van der Waals surface area contributed by atoms with Gasteiger partial charge in [-0.15, -0.1) is 22.7 Å². The van der Waals surface area contributed by atoms with Gasteiger partial charge in [0.25, 0.3) is 0 Å². The summed E-state index contributed by atoms with van der Waals surface area (Å²) in [5.41, 5.74) is 1.33. The van der Waals surface area contributed by atoms with Crippen molar-refractivity contribution in [1.29, 1.82) is 0 Å². The van der Waals surface area contributed by atoms with Gasteiger partial charge in [0.2, 0.25) is 0 Å². The fraction of sp³-hybridized carbons (Fsp3) is 0.0526. The predicted molar refractivity (Wildman–Crippen MR) is 97.0 cm³/mol. The highest BCUT2D eigenvalue weighted by Crippen LogP contribution is 2.41. The Kier molecular flexibility index (Phi) is 2.27. The lowest BCUT2D eigenvalue weighted by atomic mass is 10.1. The third-order valence-corrected chi connectivity index (χ3v) is 6.39. The van der Waals surface area contributed by atoms with Gasteiger partial charge in [0.1, 0.15) is 0 Å². The van der Waals surface area contributed by atoms with E-state index < -0.39 is 0 Å². The van der Waals surface area contributed by atoms with E-state index in [-0.39, 0.29) is 0 Å². The van der Waals surface area contributed by atoms with E-state index in [2.05, 4.69) is 61.5 Å². The van der Waals surface area contributed by atoms with Gasteiger partial charge in [0.15, 0.2) is 0 Å². The van der Waals surface area contributed by atoms with Crippen molar-refractivity contribution in [3.8, 4) is 0 Å². The maximum Gasteiger partial charge on any atom is 0.0362 e. The van der Waals surface area contributed by atoms with Crippen LogP contribution in [0.5, 0.6) is 0 Å². The minimum atomic E-state index is 1.33. The van der Waals surface area contributed by atoms with Crippen molar-refractivity contribution < 1.29 is 0 Å². The van der Waals surface area contributed by atoms with E-state index in [0.717, 1.165) is 0 Å². The lowest BCUT2D eigenvalue weighted by molar-refractivity contribution is 1.52. The second-order valence-electron chi connectivity index (χ2n) is 5.54. The maximum atomic E-state index is 2.38. The molecule has 0 saturated carbocycles. The quantitative estimate of drug-likeness (QED) is 0.297. The zero-order valence-corrected chi connectivity index (χ0v) is 13.1. The largest absolute Gasteiger partial charge is 0.135 e. The molecule has 0 amide bonds. The van der Waals surface area contributed by atoms with E-state index in [4.69, 9.17) is 0 Å². The molecule has 3 aromatic carbocycles. The molecule has 0 atom stereocenters. The van der Waals surface area contributed by atoms with Crippen LogP contribution in [0, 0.1) is 6.92 Å². The van der Waals surface area contributed by atoms with Crippen LogP contribution in [0.4, 0.5) is 0 Å². The van der Waals surface area contributed by atoms with Crippen LogP contribution in [0.2, 0.25) is 0 Å². The molecule has 21 heavy (non-hydrogen) atoms. The van der Waals surface area contributed by atoms with Crippen molar-refractivity contribution in [3.05, 3.63) is 60.2 Å². The zero-order chi connectivity index (χ0) is 14.0. The first-order valence-electron chi connectivity index (χ1n) is 7.04. The summed E-state index contributed by atoms with van der Waals surface area (Å²) in [7, 11) is 0. The molecule has 5 aromatic rings. The normalized spacial score (nSPS) is 12.0. The van der Waals surface area contributed by atoms with Crippen LogP contribution in [0.3, 0.4) is 0 Å². The highest BCUT2D eigenvalue weighted by molar-refractivity contribution is 7.27. The van der Waals surface area contributed by atoms with E-state index in [9.17, 15) is 0 Å². The van der Waals surface area contributed by atoms with E-state index in [0.29, 0.717) is 0 Å². The number of hydrogen-bond acceptors (Lipinski definition) is 2. The van der Waals surface area contributed by atoms with Crippen LogP contribution in [-0.4, -0.2) is 0 Å². The van der Waals surface area contributed by atoms with Crippen LogP contribution in [0.1, 0.15) is 5.56 Å². The average Bonchev–Trinajstić information content (AvgIpc) is 3.02. The van der Waals surface area contributed by atoms with Crippen LogP contribution in [-0.2, 0) is 0 Å². The third kappa shape index (κ3) is 1.60. The predicted octanol–water partition coefficient (Wildman–Crippen LogP) is 6.73. The Labute approximate surface area is 130 Å². The van der Waals surface area contributed by atoms with Gasteiger partial charge < -0.3 is 0 Å². The minimum Gasteiger partial charge on any atom is -0.135 e. The Hall–Kier alpha value is -1.90. The summed E-state index contributed by atoms with van der Waals surface area (Å²) in [6.45, 7) is 2.17. The van der Waals surface area contributed by atoms with E-state index in [1.807, 2.05) is 22.7 Å². The molecule has 5 rings (SSSR count). The fourth-order valence-electron chi connectivity index (χ4n) is 3.11. The second-order valence-corrected chi connectivity index (χ2v) is 7.71. The molecule has 0 radical (unpaired) electrons. The van der Waals surface area contributed by atoms with Gasteiger partial charge in [0.05, 0.1) is 0 Å². The Morgan fingerprint density at radius 3 is 2.00 bits per heavy atom. The van der Waals surface area contributed by atoms with Crippen molar-refractivity contribution in [1.82, 2.24) is 0 Å². The molecule has 0 aliphatic carbocycles. The first kappa shape index (κ1) is 11.7. The molecule has 2 heterocycles. The molecule has 0 unspecified atom stereocenters. The lowest BCUT2D eigenvalue weighted by Gasteiger charge is -1.95. The van der Waals surface area contributed by atoms with Crippen molar-refractivity contribution in [2.75, 3.05) is 0 Å². The van der Waals surface area contributed by atoms with Crippen LogP contribution >= 0.6 is 22.7 Å². The van der Waals surface area contributed by atoms with E-state index in [1.165, 1.54) is 45.9 Å². The van der Waals surface area contributed by atoms with Crippen molar-refractivity contribution in [3.63, 3.8) is 0 Å². The second kappa shape index (κ2) is 4.06. The molecule has 100 valence electrons. The summed E-state index contributed by atoms with van der Waals surface area (Å²) >= 11 is 3.80. The zero-order valence-electron chi connectivity index (χ0n) is 11.5. The summed E-state index contributed by atoms with van der Waals surface area (Å²) in [6.07, 6.45) is 0. The van der Waals surface area contributed by atoms with Crippen molar-refractivity contribution >= 4 is 63.0 Å². The van der Waals surface area contributed by atoms with Gasteiger partial charge in [0, 0.05) is 40.3 Å². The molecular weight excluding hydrogens is 292 g/mol. The highest BCUT2D eigenvalue weighted by Gasteiger charge is 2.10. The number of thiophene rings is 2. The van der Waals surface area contributed by atoms with Crippen LogP contribution in [0.15, 0.2) is 54.6 Å². The fourth-order valence-corrected chi connectivity index (χ4v) is 5.34. The van der Waals surface area contributed by atoms with Gasteiger partial charge in [-0.05, 0) is 37.3 Å². The Balaban J connectivity index is 2.02. The molecule has 0 aliphatic heterocycles. The summed E-state index contributed by atoms with van der Waals surface area (Å²) in [4.78, 5) is 0. The standard InChI is InChI=1S/C19H12S2/c1-11-6-7-17-13(8-11)15-10-18-14(9-19(15)21-17)12-4-2-3-5-16(12)20-18/h2-10H,1H3. The summed E-state index contributed by atoms with van der Waals surface area (Å²) in [6, 6.07) is 20.2. The summed E-state index contributed by atoms with van der Waals surface area (Å²) < 4.78 is 5.56. The smallest absolute Gasteiger partial charge is 0.0362 e. The lowest BCUT2D eigenvalue weighted by Crippen LogP contribution is -1.70. The average molecular weight is 304 g/mol. The van der Waals surface area contributed by atoms with Crippen LogP contribution < -0.4 is 0 Å². The van der Waals surface area contributed by atoms with Gasteiger partial charge in [-0.1, -0.05) is 29.8 Å². The van der Waals surface area contributed by atoms with Crippen LogP contribution in [0.25, 0.3) is 40.3 Å². The summed E-state index contributed by atoms with van der Waals surface area (Å²) in [5.74, 6) is 0. The molecule has 0 nitrogen and oxygen atoms in total. The monoisotopic (exact) mass is 304 g/mol. The van der Waals surface area contributed by atoms with Crippen molar-refractivity contribution in [2.45, 2.75) is 6.92 Å². The molecule has 2 aromatic heterocycles. The number of aryl methyl sites for hydroxylation is 1. The molecule has 0 N–H and O–H groups in total. The summed E-state index contributed by atoms with van der Waals surface area (Å²) in [5, 5.41) is 5.58. The van der Waals surface area contributed by atoms with E-state index in [1.54, 1.807) is 0 Å². The highest BCUT2D eigenvalue weighted by atomic mass is 32.1. The molecule has 2 heteroatoms. The Morgan fingerprint density at radius 1 is 0.571 bits per heavy atom. The molecule has 0 aliphatic rings. The first-order chi connectivity index (χ1) is 10.3. The third-order valence-electron chi connectivity index (χ3n) is 4.12. The minimum absolute atomic E-state index is 1.33. The Morgan fingerprint density at radius 2 is 1.19 bits per heavy atom. The number of rotatable bonds is 0. The number of benzene rings is 3. The molecule has 0 bridgehead atoms. The Bertz CT molecular complexity index is 1140. The van der Waals surface area contributed by atoms with E-state index >= 15 is 0 Å². The molecule has 0 spiro atoms.